The van der Waals surface area contributed by atoms with Gasteiger partial charge in [-0.1, -0.05) is 25.3 Å². The minimum Gasteiger partial charge on any atom is -0.388 e. The van der Waals surface area contributed by atoms with E-state index in [2.05, 4.69) is 10.6 Å². The minimum atomic E-state index is -0.721. The number of hydrogen-bond acceptors (Lipinski definition) is 4. The molecule has 0 saturated heterocycles. The van der Waals surface area contributed by atoms with Gasteiger partial charge in [-0.2, -0.15) is 0 Å². The Labute approximate surface area is 135 Å². The van der Waals surface area contributed by atoms with Crippen molar-refractivity contribution >= 4 is 23.2 Å². The fourth-order valence-electron chi connectivity index (χ4n) is 2.68. The summed E-state index contributed by atoms with van der Waals surface area (Å²) in [4.78, 5) is 24.1. The summed E-state index contributed by atoms with van der Waals surface area (Å²) < 4.78 is 0. The van der Waals surface area contributed by atoms with Crippen molar-refractivity contribution in [2.75, 3.05) is 13.1 Å². The first-order valence-electron chi connectivity index (χ1n) is 7.90. The fourth-order valence-corrected chi connectivity index (χ4v) is 3.32. The van der Waals surface area contributed by atoms with E-state index in [0.717, 1.165) is 25.7 Å². The molecule has 0 bridgehead atoms. The van der Waals surface area contributed by atoms with Crippen LogP contribution in [0.3, 0.4) is 0 Å². The van der Waals surface area contributed by atoms with Gasteiger partial charge in [-0.15, -0.1) is 11.3 Å². The molecule has 1 aliphatic carbocycles. The van der Waals surface area contributed by atoms with E-state index < -0.39 is 5.60 Å². The van der Waals surface area contributed by atoms with Gasteiger partial charge in [0.1, 0.15) is 0 Å². The van der Waals surface area contributed by atoms with Crippen molar-refractivity contribution in [2.24, 2.45) is 0 Å². The standard InChI is InChI=1S/C16H24N2O3S/c19-14(18-12-16(21)8-2-1-3-9-16)7-4-10-17-15(20)13-6-5-11-22-13/h5-6,11,21H,1-4,7-10,12H2,(H,17,20)(H,18,19). The van der Waals surface area contributed by atoms with Gasteiger partial charge in [-0.05, 0) is 30.7 Å². The van der Waals surface area contributed by atoms with Crippen molar-refractivity contribution in [3.05, 3.63) is 22.4 Å². The summed E-state index contributed by atoms with van der Waals surface area (Å²) >= 11 is 1.40. The van der Waals surface area contributed by atoms with Gasteiger partial charge in [-0.25, -0.2) is 0 Å². The molecule has 22 heavy (non-hydrogen) atoms. The van der Waals surface area contributed by atoms with Crippen LogP contribution in [0.2, 0.25) is 0 Å². The lowest BCUT2D eigenvalue weighted by Gasteiger charge is -2.32. The predicted octanol–water partition coefficient (Wildman–Crippen LogP) is 2.07. The average Bonchev–Trinajstić information content (AvgIpc) is 3.05. The summed E-state index contributed by atoms with van der Waals surface area (Å²) in [6.45, 7) is 0.821. The van der Waals surface area contributed by atoms with Crippen LogP contribution in [0.4, 0.5) is 0 Å². The highest BCUT2D eigenvalue weighted by Crippen LogP contribution is 2.27. The van der Waals surface area contributed by atoms with Crippen LogP contribution in [0, 0.1) is 0 Å². The maximum atomic E-state index is 11.8. The summed E-state index contributed by atoms with van der Waals surface area (Å²) in [5.74, 6) is -0.156. The smallest absolute Gasteiger partial charge is 0.261 e. The third-order valence-corrected chi connectivity index (χ3v) is 4.88. The Bertz CT molecular complexity index is 482. The average molecular weight is 324 g/mol. The molecule has 0 unspecified atom stereocenters. The molecule has 1 aromatic rings. The molecule has 0 radical (unpaired) electrons. The predicted molar refractivity (Wildman–Crippen MR) is 86.9 cm³/mol. The molecule has 0 aromatic carbocycles. The summed E-state index contributed by atoms with van der Waals surface area (Å²) in [5.41, 5.74) is -0.721. The molecule has 122 valence electrons. The number of aliphatic hydroxyl groups is 1. The fraction of sp³-hybridized carbons (Fsp3) is 0.625. The number of carbonyl (C=O) groups is 2. The van der Waals surface area contributed by atoms with E-state index >= 15 is 0 Å². The highest BCUT2D eigenvalue weighted by Gasteiger charge is 2.29. The zero-order valence-electron chi connectivity index (χ0n) is 12.8. The van der Waals surface area contributed by atoms with Gasteiger partial charge >= 0.3 is 0 Å². The van der Waals surface area contributed by atoms with E-state index in [0.29, 0.717) is 30.8 Å². The lowest BCUT2D eigenvalue weighted by molar-refractivity contribution is -0.122. The zero-order chi connectivity index (χ0) is 15.8. The molecule has 5 nitrogen and oxygen atoms in total. The molecular formula is C16H24N2O3S. The van der Waals surface area contributed by atoms with E-state index in [-0.39, 0.29) is 11.8 Å². The first kappa shape index (κ1) is 17.0. The van der Waals surface area contributed by atoms with Crippen molar-refractivity contribution in [1.29, 1.82) is 0 Å². The van der Waals surface area contributed by atoms with Gasteiger partial charge < -0.3 is 15.7 Å². The monoisotopic (exact) mass is 324 g/mol. The Kier molecular flexibility index (Phi) is 6.39. The summed E-state index contributed by atoms with van der Waals surface area (Å²) in [7, 11) is 0. The second-order valence-corrected chi connectivity index (χ2v) is 6.85. The largest absolute Gasteiger partial charge is 0.388 e. The van der Waals surface area contributed by atoms with Crippen LogP contribution in [0.15, 0.2) is 17.5 Å². The zero-order valence-corrected chi connectivity index (χ0v) is 13.6. The second-order valence-electron chi connectivity index (χ2n) is 5.90. The quantitative estimate of drug-likeness (QED) is 0.672. The SMILES string of the molecule is O=C(CCCNC(=O)c1cccs1)NCC1(O)CCCCC1. The van der Waals surface area contributed by atoms with E-state index in [9.17, 15) is 14.7 Å². The third-order valence-electron chi connectivity index (χ3n) is 4.01. The third kappa shape index (κ3) is 5.42. The highest BCUT2D eigenvalue weighted by molar-refractivity contribution is 7.12. The molecular weight excluding hydrogens is 300 g/mol. The van der Waals surface area contributed by atoms with Gasteiger partial charge in [0.15, 0.2) is 0 Å². The van der Waals surface area contributed by atoms with Crippen LogP contribution >= 0.6 is 11.3 Å². The summed E-state index contributed by atoms with van der Waals surface area (Å²) in [5, 5.41) is 17.8. The number of nitrogens with one attached hydrogen (secondary N) is 2. The minimum absolute atomic E-state index is 0.0654. The van der Waals surface area contributed by atoms with Crippen LogP contribution in [-0.4, -0.2) is 35.6 Å². The molecule has 1 heterocycles. The van der Waals surface area contributed by atoms with Crippen LogP contribution < -0.4 is 10.6 Å². The number of hydrogen-bond donors (Lipinski definition) is 3. The van der Waals surface area contributed by atoms with Gasteiger partial charge in [0.25, 0.3) is 5.91 Å². The van der Waals surface area contributed by atoms with Gasteiger partial charge in [0.2, 0.25) is 5.91 Å². The Balaban J connectivity index is 1.57. The van der Waals surface area contributed by atoms with Gasteiger partial charge in [-0.3, -0.25) is 9.59 Å². The van der Waals surface area contributed by atoms with Crippen molar-refractivity contribution in [2.45, 2.75) is 50.5 Å². The molecule has 1 fully saturated rings. The molecule has 1 aromatic heterocycles. The molecule has 6 heteroatoms. The molecule has 1 aliphatic rings. The topological polar surface area (TPSA) is 78.4 Å². The molecule has 0 atom stereocenters. The highest BCUT2D eigenvalue weighted by atomic mass is 32.1. The maximum Gasteiger partial charge on any atom is 0.261 e. The molecule has 2 amide bonds. The summed E-state index contributed by atoms with van der Waals surface area (Å²) in [6.07, 6.45) is 5.72. The Morgan fingerprint density at radius 3 is 2.68 bits per heavy atom. The number of carbonyl (C=O) groups excluding carboxylic acids is 2. The van der Waals surface area contributed by atoms with E-state index in [1.807, 2.05) is 11.4 Å². The van der Waals surface area contributed by atoms with Gasteiger partial charge in [0, 0.05) is 19.5 Å². The van der Waals surface area contributed by atoms with Crippen LogP contribution in [0.25, 0.3) is 0 Å². The van der Waals surface area contributed by atoms with Crippen molar-refractivity contribution in [3.63, 3.8) is 0 Å². The van der Waals surface area contributed by atoms with Crippen molar-refractivity contribution in [1.82, 2.24) is 10.6 Å². The van der Waals surface area contributed by atoms with E-state index in [4.69, 9.17) is 0 Å². The lowest BCUT2D eigenvalue weighted by Crippen LogP contribution is -2.44. The van der Waals surface area contributed by atoms with Crippen molar-refractivity contribution < 1.29 is 14.7 Å². The molecule has 0 spiro atoms. The normalized spacial score (nSPS) is 17.0. The Hall–Kier alpha value is -1.40. The van der Waals surface area contributed by atoms with Gasteiger partial charge in [0.05, 0.1) is 10.5 Å². The van der Waals surface area contributed by atoms with Crippen LogP contribution in [0.5, 0.6) is 0 Å². The number of thiophene rings is 1. The molecule has 2 rings (SSSR count). The lowest BCUT2D eigenvalue weighted by atomic mass is 9.85. The summed E-state index contributed by atoms with van der Waals surface area (Å²) in [6, 6.07) is 3.61. The maximum absolute atomic E-state index is 11.8. The molecule has 1 saturated carbocycles. The van der Waals surface area contributed by atoms with Crippen LogP contribution in [-0.2, 0) is 4.79 Å². The van der Waals surface area contributed by atoms with Crippen molar-refractivity contribution in [3.8, 4) is 0 Å². The van der Waals surface area contributed by atoms with E-state index in [1.54, 1.807) is 6.07 Å². The Morgan fingerprint density at radius 1 is 1.23 bits per heavy atom. The molecule has 0 aliphatic heterocycles. The second kappa shape index (κ2) is 8.29. The number of amides is 2. The number of rotatable bonds is 7. The van der Waals surface area contributed by atoms with E-state index in [1.165, 1.54) is 17.8 Å². The Morgan fingerprint density at radius 2 is 2.00 bits per heavy atom. The van der Waals surface area contributed by atoms with Crippen LogP contribution in [0.1, 0.15) is 54.6 Å². The first-order chi connectivity index (χ1) is 10.6. The first-order valence-corrected chi connectivity index (χ1v) is 8.78. The molecule has 3 N–H and O–H groups in total.